The molecule has 0 radical (unpaired) electrons. The van der Waals surface area contributed by atoms with Crippen LogP contribution in [0, 0.1) is 0 Å². The van der Waals surface area contributed by atoms with Crippen molar-refractivity contribution in [3.8, 4) is 5.75 Å². The molecule has 1 aromatic heterocycles. The Hall–Kier alpha value is -2.23. The van der Waals surface area contributed by atoms with Gasteiger partial charge in [-0.2, -0.15) is 0 Å². The predicted molar refractivity (Wildman–Crippen MR) is 85.9 cm³/mol. The lowest BCUT2D eigenvalue weighted by atomic mass is 10.0. The van der Waals surface area contributed by atoms with E-state index in [1.165, 1.54) is 5.56 Å². The molecule has 1 aromatic carbocycles. The van der Waals surface area contributed by atoms with Gasteiger partial charge in [-0.15, -0.1) is 0 Å². The summed E-state index contributed by atoms with van der Waals surface area (Å²) < 4.78 is 5.70. The summed E-state index contributed by atoms with van der Waals surface area (Å²) in [6.07, 6.45) is 5.79. The first kappa shape index (κ1) is 13.7. The Labute approximate surface area is 125 Å². The van der Waals surface area contributed by atoms with E-state index < -0.39 is 0 Å². The number of hydrogen-bond donors (Lipinski definition) is 2. The Bertz CT molecular complexity index is 600. The lowest BCUT2D eigenvalue weighted by Crippen LogP contribution is -2.20. The van der Waals surface area contributed by atoms with Crippen LogP contribution in [0.2, 0.25) is 0 Å². The fourth-order valence-corrected chi connectivity index (χ4v) is 2.58. The van der Waals surface area contributed by atoms with Crippen LogP contribution < -0.4 is 15.4 Å². The Kier molecular flexibility index (Phi) is 4.24. The maximum absolute atomic E-state index is 5.70. The Morgan fingerprint density at radius 1 is 1.24 bits per heavy atom. The van der Waals surface area contributed by atoms with Crippen LogP contribution in [0.3, 0.4) is 0 Å². The van der Waals surface area contributed by atoms with E-state index >= 15 is 0 Å². The molecule has 0 saturated carbocycles. The molecular formula is C17H21N3O. The molecule has 3 rings (SSSR count). The normalized spacial score (nSPS) is 16.7. The van der Waals surface area contributed by atoms with Crippen molar-refractivity contribution in [1.82, 2.24) is 4.98 Å². The van der Waals surface area contributed by atoms with E-state index in [2.05, 4.69) is 40.7 Å². The highest BCUT2D eigenvalue weighted by molar-refractivity contribution is 5.55. The van der Waals surface area contributed by atoms with Crippen molar-refractivity contribution in [2.75, 3.05) is 23.8 Å². The zero-order valence-corrected chi connectivity index (χ0v) is 12.3. The molecule has 0 aliphatic carbocycles. The van der Waals surface area contributed by atoms with Crippen molar-refractivity contribution in [1.29, 1.82) is 0 Å². The van der Waals surface area contributed by atoms with Gasteiger partial charge < -0.3 is 15.4 Å². The smallest absolute Gasteiger partial charge is 0.124 e. The lowest BCUT2D eigenvalue weighted by molar-refractivity contribution is 0.274. The van der Waals surface area contributed by atoms with Gasteiger partial charge in [0.2, 0.25) is 0 Å². The van der Waals surface area contributed by atoms with Crippen molar-refractivity contribution in [3.05, 3.63) is 48.3 Å². The average Bonchev–Trinajstić information content (AvgIpc) is 2.54. The molecule has 0 amide bonds. The summed E-state index contributed by atoms with van der Waals surface area (Å²) in [4.78, 5) is 4.30. The predicted octanol–water partition coefficient (Wildman–Crippen LogP) is 3.84. The number of hydrogen-bond acceptors (Lipinski definition) is 4. The molecule has 4 heteroatoms. The van der Waals surface area contributed by atoms with Crippen molar-refractivity contribution in [2.45, 2.75) is 25.8 Å². The SMILES string of the molecule is CCCNc1cncc(NC2CCOc3ccccc32)c1. The van der Waals surface area contributed by atoms with E-state index in [-0.39, 0.29) is 6.04 Å². The number of rotatable bonds is 5. The van der Waals surface area contributed by atoms with Gasteiger partial charge in [0.1, 0.15) is 5.75 Å². The van der Waals surface area contributed by atoms with E-state index in [4.69, 9.17) is 4.74 Å². The quantitative estimate of drug-likeness (QED) is 0.875. The fraction of sp³-hybridized carbons (Fsp3) is 0.353. The van der Waals surface area contributed by atoms with Crippen LogP contribution in [0.25, 0.3) is 0 Å². The summed E-state index contributed by atoms with van der Waals surface area (Å²) in [5.74, 6) is 0.981. The minimum Gasteiger partial charge on any atom is -0.493 e. The summed E-state index contributed by atoms with van der Waals surface area (Å²) in [6.45, 7) is 3.86. The molecule has 1 aliphatic heterocycles. The average molecular weight is 283 g/mol. The zero-order valence-electron chi connectivity index (χ0n) is 12.3. The molecule has 0 saturated heterocycles. The van der Waals surface area contributed by atoms with E-state index in [0.717, 1.165) is 43.1 Å². The molecule has 4 nitrogen and oxygen atoms in total. The summed E-state index contributed by atoms with van der Waals surface area (Å²) in [7, 11) is 0. The largest absolute Gasteiger partial charge is 0.493 e. The first-order valence-corrected chi connectivity index (χ1v) is 7.54. The summed E-state index contributed by atoms with van der Waals surface area (Å²) in [6, 6.07) is 10.6. The molecule has 1 aliphatic rings. The van der Waals surface area contributed by atoms with Crippen molar-refractivity contribution < 1.29 is 4.74 Å². The van der Waals surface area contributed by atoms with E-state index in [1.807, 2.05) is 24.5 Å². The van der Waals surface area contributed by atoms with Gasteiger partial charge in [-0.3, -0.25) is 4.98 Å². The number of aromatic nitrogens is 1. The fourth-order valence-electron chi connectivity index (χ4n) is 2.58. The minimum absolute atomic E-state index is 0.276. The first-order chi connectivity index (χ1) is 10.4. The number of fused-ring (bicyclic) bond motifs is 1. The number of ether oxygens (including phenoxy) is 1. The number of anilines is 2. The molecule has 110 valence electrons. The molecule has 2 aromatic rings. The van der Waals surface area contributed by atoms with Crippen LogP contribution >= 0.6 is 0 Å². The maximum Gasteiger partial charge on any atom is 0.124 e. The van der Waals surface area contributed by atoms with Gasteiger partial charge in [0.05, 0.1) is 36.4 Å². The molecular weight excluding hydrogens is 262 g/mol. The second kappa shape index (κ2) is 6.48. The number of pyridine rings is 1. The van der Waals surface area contributed by atoms with Crippen LogP contribution in [0.5, 0.6) is 5.75 Å². The van der Waals surface area contributed by atoms with Crippen LogP contribution in [-0.2, 0) is 0 Å². The van der Waals surface area contributed by atoms with E-state index in [0.29, 0.717) is 0 Å². The van der Waals surface area contributed by atoms with Crippen LogP contribution in [0.1, 0.15) is 31.4 Å². The van der Waals surface area contributed by atoms with Crippen LogP contribution in [0.4, 0.5) is 11.4 Å². The first-order valence-electron chi connectivity index (χ1n) is 7.54. The highest BCUT2D eigenvalue weighted by Gasteiger charge is 2.20. The number of para-hydroxylation sites is 1. The highest BCUT2D eigenvalue weighted by Crippen LogP contribution is 2.34. The second-order valence-electron chi connectivity index (χ2n) is 5.26. The Morgan fingerprint density at radius 3 is 3.00 bits per heavy atom. The third kappa shape index (κ3) is 3.27. The minimum atomic E-state index is 0.276. The third-order valence-corrected chi connectivity index (χ3v) is 3.62. The molecule has 1 atom stereocenters. The Balaban J connectivity index is 1.75. The maximum atomic E-state index is 5.70. The summed E-state index contributed by atoms with van der Waals surface area (Å²) >= 11 is 0. The standard InChI is InChI=1S/C17H21N3O/c1-2-8-19-13-10-14(12-18-11-13)20-16-7-9-21-17-6-4-3-5-15(16)17/h3-6,10-12,16,19-20H,2,7-9H2,1H3. The summed E-state index contributed by atoms with van der Waals surface area (Å²) in [5, 5.41) is 6.94. The zero-order chi connectivity index (χ0) is 14.5. The van der Waals surface area contributed by atoms with Gasteiger partial charge in [0.25, 0.3) is 0 Å². The monoisotopic (exact) mass is 283 g/mol. The molecule has 0 bridgehead atoms. The van der Waals surface area contributed by atoms with E-state index in [9.17, 15) is 0 Å². The van der Waals surface area contributed by atoms with Crippen molar-refractivity contribution >= 4 is 11.4 Å². The van der Waals surface area contributed by atoms with E-state index in [1.54, 1.807) is 0 Å². The van der Waals surface area contributed by atoms with Crippen LogP contribution in [0.15, 0.2) is 42.7 Å². The molecule has 2 N–H and O–H groups in total. The molecule has 0 spiro atoms. The topological polar surface area (TPSA) is 46.2 Å². The van der Waals surface area contributed by atoms with Gasteiger partial charge in [-0.25, -0.2) is 0 Å². The van der Waals surface area contributed by atoms with Gasteiger partial charge in [0.15, 0.2) is 0 Å². The van der Waals surface area contributed by atoms with Gasteiger partial charge in [-0.1, -0.05) is 25.1 Å². The van der Waals surface area contributed by atoms with Crippen molar-refractivity contribution in [2.24, 2.45) is 0 Å². The Morgan fingerprint density at radius 2 is 2.10 bits per heavy atom. The van der Waals surface area contributed by atoms with Gasteiger partial charge in [-0.05, 0) is 18.6 Å². The number of benzene rings is 1. The number of nitrogens with one attached hydrogen (secondary N) is 2. The van der Waals surface area contributed by atoms with Crippen molar-refractivity contribution in [3.63, 3.8) is 0 Å². The lowest BCUT2D eigenvalue weighted by Gasteiger charge is -2.27. The third-order valence-electron chi connectivity index (χ3n) is 3.62. The molecule has 2 heterocycles. The molecule has 0 fully saturated rings. The number of nitrogens with zero attached hydrogens (tertiary/aromatic N) is 1. The molecule has 1 unspecified atom stereocenters. The highest BCUT2D eigenvalue weighted by atomic mass is 16.5. The van der Waals surface area contributed by atoms with Gasteiger partial charge >= 0.3 is 0 Å². The second-order valence-corrected chi connectivity index (χ2v) is 5.26. The summed E-state index contributed by atoms with van der Waals surface area (Å²) in [5.41, 5.74) is 3.32. The van der Waals surface area contributed by atoms with Crippen LogP contribution in [-0.4, -0.2) is 18.1 Å². The van der Waals surface area contributed by atoms with Gasteiger partial charge in [0, 0.05) is 18.5 Å². The molecule has 21 heavy (non-hydrogen) atoms.